The van der Waals surface area contributed by atoms with Gasteiger partial charge in [0.25, 0.3) is 11.7 Å². The smallest absolute Gasteiger partial charge is 0.312 e. The molecule has 1 amide bonds. The average molecular weight is 1020 g/mol. The Bertz CT molecular complexity index is 2940. The van der Waals surface area contributed by atoms with Crippen LogP contribution >= 0.6 is 0 Å². The summed E-state index contributed by atoms with van der Waals surface area (Å²) >= 11 is 0. The van der Waals surface area contributed by atoms with Crippen molar-refractivity contribution in [1.29, 1.82) is 0 Å². The number of rotatable bonds is 7. The number of nitrogens with zero attached hydrogens (tertiary/aromatic N) is 6. The van der Waals surface area contributed by atoms with Crippen molar-refractivity contribution in [2.45, 2.75) is 110 Å². The first-order valence-corrected chi connectivity index (χ1v) is 23.4. The summed E-state index contributed by atoms with van der Waals surface area (Å²) in [5, 5.41) is 98.4. The number of carbonyl (C=O) groups excluding carboxylic acids is 3. The van der Waals surface area contributed by atoms with Crippen molar-refractivity contribution in [1.82, 2.24) is 19.5 Å². The number of nitrogens with one attached hydrogen (secondary N) is 1. The van der Waals surface area contributed by atoms with Crippen LogP contribution in [-0.4, -0.2) is 154 Å². The second-order valence-corrected chi connectivity index (χ2v) is 18.8. The van der Waals surface area contributed by atoms with Crippen molar-refractivity contribution in [2.24, 2.45) is 28.8 Å². The maximum absolute atomic E-state index is 14.7. The van der Waals surface area contributed by atoms with Crippen molar-refractivity contribution in [3.63, 3.8) is 0 Å². The summed E-state index contributed by atoms with van der Waals surface area (Å²) in [6.07, 6.45) is -0.703. The lowest BCUT2D eigenvalue weighted by Crippen LogP contribution is -2.46. The maximum atomic E-state index is 14.7. The van der Waals surface area contributed by atoms with E-state index >= 15 is 0 Å². The number of esters is 1. The third kappa shape index (κ3) is 9.62. The average Bonchev–Trinajstić information content (AvgIpc) is 3.98. The Morgan fingerprint density at radius 2 is 1.67 bits per heavy atom. The Morgan fingerprint density at radius 1 is 0.973 bits per heavy atom. The summed E-state index contributed by atoms with van der Waals surface area (Å²) in [7, 11) is 2.78. The van der Waals surface area contributed by atoms with Gasteiger partial charge in [0.15, 0.2) is 29.0 Å². The molecule has 0 saturated carbocycles. The number of methoxy groups -OCH3 is 1. The predicted octanol–water partition coefficient (Wildman–Crippen LogP) is 2.56. The number of phenols is 3. The van der Waals surface area contributed by atoms with Crippen LogP contribution in [0.15, 0.2) is 47.6 Å². The number of hydrogen-bond donors (Lipinski definition) is 10. The largest absolute Gasteiger partial charge is 0.507 e. The summed E-state index contributed by atoms with van der Waals surface area (Å²) in [6.45, 7) is 11.5. The molecule has 8 rings (SSSR count). The SMILES string of the molecule is COC1C=COC2(C)Oc3c(C)c(O)c4c(O)c(c(/C=N/N(C)c5nc6c(N)ncnc6n5C5OC(CO)C(O)C5O)c(O)c4c3C2=O)NC(=O)C(C)=CC=CC(C)C(O)C(C)C(O)C(C)C(OC(C)=O)C1C. The maximum Gasteiger partial charge on any atom is 0.312 e. The van der Waals surface area contributed by atoms with E-state index in [4.69, 9.17) is 29.4 Å². The Balaban J connectivity index is 1.41. The molecule has 394 valence electrons. The van der Waals surface area contributed by atoms with E-state index in [-0.39, 0.29) is 45.4 Å². The number of aromatic nitrogens is 4. The molecule has 6 heterocycles. The number of carbonyl (C=O) groups is 3. The molecule has 0 spiro atoms. The van der Waals surface area contributed by atoms with Crippen molar-refractivity contribution in [3.8, 4) is 23.0 Å². The first kappa shape index (κ1) is 53.9. The molecule has 24 nitrogen and oxygen atoms in total. The topological polar surface area (TPSA) is 356 Å². The minimum atomic E-state index is -2.18. The van der Waals surface area contributed by atoms with Crippen molar-refractivity contribution < 1.29 is 78.9 Å². The fourth-order valence-corrected chi connectivity index (χ4v) is 9.54. The number of imidazole rings is 1. The molecule has 4 aromatic rings. The molecule has 2 aromatic carbocycles. The number of phenolic OH excluding ortho intramolecular Hbond substituents is 3. The second-order valence-electron chi connectivity index (χ2n) is 18.8. The Labute approximate surface area is 418 Å². The van der Waals surface area contributed by atoms with Crippen LogP contribution in [0.5, 0.6) is 23.0 Å². The summed E-state index contributed by atoms with van der Waals surface area (Å²) < 4.78 is 30.8. The van der Waals surface area contributed by atoms with Gasteiger partial charge in [0, 0.05) is 68.2 Å². The number of amides is 1. The number of allylic oxidation sites excluding steroid dienone is 2. The molecule has 11 N–H and O–H groups in total. The van der Waals surface area contributed by atoms with Gasteiger partial charge in [0.05, 0.1) is 59.6 Å². The molecule has 73 heavy (non-hydrogen) atoms. The number of nitrogen functional groups attached to an aromatic ring is 1. The van der Waals surface area contributed by atoms with Crippen molar-refractivity contribution in [2.75, 3.05) is 36.8 Å². The van der Waals surface area contributed by atoms with Gasteiger partial charge < -0.3 is 75.6 Å². The number of ketones is 1. The molecular formula is C49H62N8O16. The highest BCUT2D eigenvalue weighted by atomic mass is 16.7. The van der Waals surface area contributed by atoms with Gasteiger partial charge in [-0.1, -0.05) is 45.9 Å². The van der Waals surface area contributed by atoms with Crippen LogP contribution in [0.25, 0.3) is 21.9 Å². The number of aromatic hydroxyl groups is 3. The van der Waals surface area contributed by atoms with Crippen molar-refractivity contribution >= 4 is 63.3 Å². The Morgan fingerprint density at radius 3 is 2.32 bits per heavy atom. The van der Waals surface area contributed by atoms with E-state index in [1.54, 1.807) is 33.8 Å². The lowest BCUT2D eigenvalue weighted by Gasteiger charge is -2.38. The predicted molar refractivity (Wildman–Crippen MR) is 263 cm³/mol. The van der Waals surface area contributed by atoms with E-state index in [2.05, 4.69) is 25.4 Å². The van der Waals surface area contributed by atoms with Crippen LogP contribution in [0.3, 0.4) is 0 Å². The number of ether oxygens (including phenoxy) is 5. The van der Waals surface area contributed by atoms with E-state index in [1.165, 1.54) is 64.6 Å². The summed E-state index contributed by atoms with van der Waals surface area (Å²) in [5.74, 6) is -9.96. The zero-order valence-corrected chi connectivity index (χ0v) is 41.8. The number of hydrogen-bond acceptors (Lipinski definition) is 22. The van der Waals surface area contributed by atoms with Gasteiger partial charge in [-0.25, -0.2) is 20.0 Å². The van der Waals surface area contributed by atoms with Crippen LogP contribution in [0, 0.1) is 30.6 Å². The lowest BCUT2D eigenvalue weighted by atomic mass is 9.78. The number of benzene rings is 2. The highest BCUT2D eigenvalue weighted by molar-refractivity contribution is 6.24. The molecule has 5 bridgehead atoms. The first-order chi connectivity index (χ1) is 34.4. The number of fused-ring (bicyclic) bond motifs is 15. The molecule has 4 aliphatic rings. The summed E-state index contributed by atoms with van der Waals surface area (Å²) in [5.41, 5.74) is 4.99. The Hall–Kier alpha value is -6.93. The zero-order valence-electron chi connectivity index (χ0n) is 41.8. The Kier molecular flexibility index (Phi) is 15.4. The van der Waals surface area contributed by atoms with Gasteiger partial charge >= 0.3 is 11.8 Å². The van der Waals surface area contributed by atoms with Gasteiger partial charge in [-0.05, 0) is 19.9 Å². The first-order valence-electron chi connectivity index (χ1n) is 23.4. The fraction of sp³-hybridized carbons (Fsp3) is 0.490. The monoisotopic (exact) mass is 1020 g/mol. The van der Waals surface area contributed by atoms with E-state index < -0.39 is 142 Å². The second kappa shape index (κ2) is 20.9. The van der Waals surface area contributed by atoms with Crippen LogP contribution in [0.4, 0.5) is 17.5 Å². The number of aliphatic hydroxyl groups is 5. The highest BCUT2D eigenvalue weighted by Gasteiger charge is 2.50. The minimum absolute atomic E-state index is 0.0278. The molecule has 2 aromatic heterocycles. The van der Waals surface area contributed by atoms with Gasteiger partial charge in [-0.15, -0.1) is 0 Å². The van der Waals surface area contributed by atoms with Gasteiger partial charge in [0.1, 0.15) is 48.0 Å². The van der Waals surface area contributed by atoms with Crippen LogP contribution in [0.1, 0.15) is 76.2 Å². The van der Waals surface area contributed by atoms with E-state index in [1.807, 2.05) is 0 Å². The molecule has 1 saturated heterocycles. The van der Waals surface area contributed by atoms with Crippen LogP contribution in [-0.2, 0) is 28.5 Å². The summed E-state index contributed by atoms with van der Waals surface area (Å²) in [6, 6.07) is 0. The molecule has 0 aliphatic carbocycles. The quantitative estimate of drug-likeness (QED) is 0.0418. The lowest BCUT2D eigenvalue weighted by molar-refractivity contribution is -0.160. The van der Waals surface area contributed by atoms with E-state index in [0.717, 1.165) is 23.8 Å². The molecule has 1 fully saturated rings. The minimum Gasteiger partial charge on any atom is -0.507 e. The standard InChI is InChI=1S/C49H62N8O16/c1-19-12-11-13-20(2)46(68)54-32-26(16-53-56(9)48-55-33-44(50)51-18-52-45(33)57(48)47-40(66)38(64)28(17-58)72-47)37(63)29-30(39(32)65)36(62)24(6)42-31(29)43(67)49(8,73-42)70-15-14-27(69-10)21(3)41(71-25(7)59)23(5)35(61)22(4)34(19)60/h11-16,18-19,21-23,27-28,34-35,38,40-41,47,58,60-66H,17H2,1-10H3,(H,54,68)(H2,50,51,52)/b12-11?,15-14?,20-13?,53-16+. The molecular weight excluding hydrogens is 957 g/mol. The van der Waals surface area contributed by atoms with E-state index in [0.29, 0.717) is 0 Å². The number of nitrogens with two attached hydrogens (primary N) is 1. The summed E-state index contributed by atoms with van der Waals surface area (Å²) in [4.78, 5) is 54.0. The third-order valence-corrected chi connectivity index (χ3v) is 13.9. The third-order valence-electron chi connectivity index (χ3n) is 13.9. The molecule has 13 unspecified atom stereocenters. The fourth-order valence-electron chi connectivity index (χ4n) is 9.54. The van der Waals surface area contributed by atoms with Gasteiger partial charge in [0.2, 0.25) is 5.95 Å². The molecule has 13 atom stereocenters. The van der Waals surface area contributed by atoms with Gasteiger partial charge in [-0.3, -0.25) is 19.0 Å². The number of anilines is 3. The van der Waals surface area contributed by atoms with Gasteiger partial charge in [-0.2, -0.15) is 5.10 Å². The zero-order chi connectivity index (χ0) is 53.7. The van der Waals surface area contributed by atoms with Crippen molar-refractivity contribution in [3.05, 3.63) is 59.2 Å². The number of aliphatic hydroxyl groups excluding tert-OH is 5. The number of hydrazone groups is 1. The van der Waals surface area contributed by atoms with Crippen LogP contribution in [0.2, 0.25) is 0 Å². The molecule has 4 aliphatic heterocycles. The van der Waals surface area contributed by atoms with E-state index in [9.17, 15) is 55.2 Å². The molecule has 24 heteroatoms. The molecule has 0 radical (unpaired) electrons. The highest BCUT2D eigenvalue weighted by Crippen LogP contribution is 2.55. The van der Waals surface area contributed by atoms with Crippen LogP contribution < -0.4 is 20.8 Å². The number of Topliss-reactive ketones (excluding diaryl/α,β-unsaturated/α-hetero) is 1. The normalized spacial score (nSPS) is 30.3.